The lowest BCUT2D eigenvalue weighted by Gasteiger charge is -2.37. The predicted molar refractivity (Wildman–Crippen MR) is 99.2 cm³/mol. The lowest BCUT2D eigenvalue weighted by Crippen LogP contribution is -2.49. The molecule has 6 heteroatoms. The van der Waals surface area contributed by atoms with Gasteiger partial charge in [0.15, 0.2) is 5.78 Å². The number of aromatic nitrogens is 1. The maximum Gasteiger partial charge on any atom is 0.253 e. The van der Waals surface area contributed by atoms with Gasteiger partial charge in [-0.05, 0) is 38.5 Å². The van der Waals surface area contributed by atoms with Gasteiger partial charge in [-0.25, -0.2) is 4.98 Å². The van der Waals surface area contributed by atoms with Gasteiger partial charge in [-0.1, -0.05) is 6.07 Å². The second-order valence-corrected chi connectivity index (χ2v) is 7.39. The van der Waals surface area contributed by atoms with Crippen molar-refractivity contribution in [2.45, 2.75) is 26.8 Å². The first-order chi connectivity index (χ1) is 12.0. The van der Waals surface area contributed by atoms with Crippen LogP contribution >= 0.6 is 11.3 Å². The van der Waals surface area contributed by atoms with Crippen LogP contribution in [-0.2, 0) is 0 Å². The number of nitrogens with zero attached hydrogens (tertiary/aromatic N) is 3. The van der Waals surface area contributed by atoms with E-state index in [1.165, 1.54) is 6.92 Å². The highest BCUT2D eigenvalue weighted by molar-refractivity contribution is 7.09. The molecule has 1 aliphatic rings. The van der Waals surface area contributed by atoms with Gasteiger partial charge in [0.05, 0.1) is 6.04 Å². The zero-order valence-corrected chi connectivity index (χ0v) is 15.7. The van der Waals surface area contributed by atoms with E-state index in [1.807, 2.05) is 35.5 Å². The number of benzene rings is 1. The van der Waals surface area contributed by atoms with Gasteiger partial charge in [-0.15, -0.1) is 11.3 Å². The highest BCUT2D eigenvalue weighted by atomic mass is 32.1. The van der Waals surface area contributed by atoms with E-state index in [1.54, 1.807) is 17.4 Å². The monoisotopic (exact) mass is 357 g/mol. The van der Waals surface area contributed by atoms with Crippen LogP contribution in [0.1, 0.15) is 51.2 Å². The summed E-state index contributed by atoms with van der Waals surface area (Å²) in [5.41, 5.74) is 2.13. The lowest BCUT2D eigenvalue weighted by atomic mass is 10.0. The quantitative estimate of drug-likeness (QED) is 0.789. The third-order valence-corrected chi connectivity index (χ3v) is 5.77. The smallest absolute Gasteiger partial charge is 0.253 e. The summed E-state index contributed by atoms with van der Waals surface area (Å²) in [5.74, 6) is -0.00158. The zero-order valence-electron chi connectivity index (χ0n) is 14.9. The van der Waals surface area contributed by atoms with Crippen molar-refractivity contribution < 1.29 is 9.59 Å². The van der Waals surface area contributed by atoms with E-state index in [-0.39, 0.29) is 17.7 Å². The lowest BCUT2D eigenvalue weighted by molar-refractivity contribution is 0.0582. The van der Waals surface area contributed by atoms with Gasteiger partial charge in [-0.2, -0.15) is 0 Å². The second-order valence-electron chi connectivity index (χ2n) is 6.46. The van der Waals surface area contributed by atoms with E-state index in [0.29, 0.717) is 24.2 Å². The first kappa shape index (κ1) is 17.8. The maximum atomic E-state index is 12.8. The molecule has 25 heavy (non-hydrogen) atoms. The zero-order chi connectivity index (χ0) is 18.0. The van der Waals surface area contributed by atoms with Gasteiger partial charge in [0.1, 0.15) is 5.01 Å². The van der Waals surface area contributed by atoms with Crippen LogP contribution in [0.25, 0.3) is 0 Å². The van der Waals surface area contributed by atoms with Crippen LogP contribution in [0.2, 0.25) is 0 Å². The number of rotatable bonds is 4. The van der Waals surface area contributed by atoms with Crippen molar-refractivity contribution in [3.05, 3.63) is 51.5 Å². The Kier molecular flexibility index (Phi) is 5.30. The van der Waals surface area contributed by atoms with Crippen molar-refractivity contribution in [2.75, 3.05) is 26.2 Å². The van der Waals surface area contributed by atoms with Crippen molar-refractivity contribution in [2.24, 2.45) is 0 Å². The Morgan fingerprint density at radius 1 is 1.20 bits per heavy atom. The molecule has 1 amide bonds. The summed E-state index contributed by atoms with van der Waals surface area (Å²) in [6, 6.07) is 5.67. The van der Waals surface area contributed by atoms with Gasteiger partial charge < -0.3 is 4.90 Å². The number of aryl methyl sites for hydroxylation is 1. The minimum atomic E-state index is -0.00533. The molecule has 1 aromatic heterocycles. The Balaban J connectivity index is 1.66. The molecule has 2 heterocycles. The predicted octanol–water partition coefficient (Wildman–Crippen LogP) is 3.17. The highest BCUT2D eigenvalue weighted by Crippen LogP contribution is 2.24. The largest absolute Gasteiger partial charge is 0.336 e. The Morgan fingerprint density at radius 2 is 1.92 bits per heavy atom. The van der Waals surface area contributed by atoms with Crippen molar-refractivity contribution in [1.29, 1.82) is 0 Å². The molecule has 1 saturated heterocycles. The minimum absolute atomic E-state index is 0.00375. The third-order valence-electron chi connectivity index (χ3n) is 4.82. The average Bonchev–Trinajstić information content (AvgIpc) is 3.15. The van der Waals surface area contributed by atoms with Gasteiger partial charge >= 0.3 is 0 Å². The SMILES string of the molecule is CC(=O)c1cc(C(=O)N2CCN(C(C)c3nccs3)CC2)ccc1C. The molecule has 132 valence electrons. The average molecular weight is 357 g/mol. The number of carbonyl (C=O) groups is 2. The summed E-state index contributed by atoms with van der Waals surface area (Å²) < 4.78 is 0. The third kappa shape index (κ3) is 3.80. The van der Waals surface area contributed by atoms with E-state index in [4.69, 9.17) is 0 Å². The van der Waals surface area contributed by atoms with E-state index < -0.39 is 0 Å². The molecule has 0 aliphatic carbocycles. The molecule has 3 rings (SSSR count). The fourth-order valence-electron chi connectivity index (χ4n) is 3.23. The van der Waals surface area contributed by atoms with E-state index in [9.17, 15) is 9.59 Å². The van der Waals surface area contributed by atoms with Crippen molar-refractivity contribution >= 4 is 23.0 Å². The van der Waals surface area contributed by atoms with E-state index in [0.717, 1.165) is 23.7 Å². The summed E-state index contributed by atoms with van der Waals surface area (Å²) in [7, 11) is 0. The molecule has 0 N–H and O–H groups in total. The standard InChI is InChI=1S/C19H23N3O2S/c1-13-4-5-16(12-17(13)15(3)23)19(24)22-9-7-21(8-10-22)14(2)18-20-6-11-25-18/h4-6,11-12,14H,7-10H2,1-3H3. The molecule has 1 fully saturated rings. The van der Waals surface area contributed by atoms with Crippen molar-refractivity contribution in [3.63, 3.8) is 0 Å². The molecule has 1 aliphatic heterocycles. The number of Topliss-reactive ketones (excluding diaryl/α,β-unsaturated/α-hetero) is 1. The topological polar surface area (TPSA) is 53.5 Å². The van der Waals surface area contributed by atoms with Gasteiger partial charge in [0.25, 0.3) is 5.91 Å². The molecular formula is C19H23N3O2S. The van der Waals surface area contributed by atoms with Gasteiger partial charge in [-0.3, -0.25) is 14.5 Å². The Labute approximate surface area is 152 Å². The number of ketones is 1. The molecule has 2 aromatic rings. The van der Waals surface area contributed by atoms with Crippen LogP contribution in [0, 0.1) is 6.92 Å². The van der Waals surface area contributed by atoms with Crippen LogP contribution in [-0.4, -0.2) is 52.7 Å². The molecule has 5 nitrogen and oxygen atoms in total. The molecule has 1 aromatic carbocycles. The molecule has 0 radical (unpaired) electrons. The molecule has 1 unspecified atom stereocenters. The highest BCUT2D eigenvalue weighted by Gasteiger charge is 2.26. The van der Waals surface area contributed by atoms with Crippen molar-refractivity contribution in [3.8, 4) is 0 Å². The molecule has 1 atom stereocenters. The molecule has 0 spiro atoms. The number of carbonyl (C=O) groups excluding carboxylic acids is 2. The van der Waals surface area contributed by atoms with Crippen LogP contribution in [0.15, 0.2) is 29.8 Å². The fourth-order valence-corrected chi connectivity index (χ4v) is 3.96. The summed E-state index contributed by atoms with van der Waals surface area (Å²) in [4.78, 5) is 33.1. The van der Waals surface area contributed by atoms with Crippen LogP contribution in [0.4, 0.5) is 0 Å². The van der Waals surface area contributed by atoms with Gasteiger partial charge in [0, 0.05) is 48.9 Å². The van der Waals surface area contributed by atoms with Crippen LogP contribution in [0.3, 0.4) is 0 Å². The Hall–Kier alpha value is -2.05. The first-order valence-electron chi connectivity index (χ1n) is 8.51. The fraction of sp³-hybridized carbons (Fsp3) is 0.421. The van der Waals surface area contributed by atoms with E-state index in [2.05, 4.69) is 16.8 Å². The van der Waals surface area contributed by atoms with E-state index >= 15 is 0 Å². The second kappa shape index (κ2) is 7.45. The number of piperazine rings is 1. The Morgan fingerprint density at radius 3 is 2.52 bits per heavy atom. The van der Waals surface area contributed by atoms with Crippen molar-refractivity contribution in [1.82, 2.24) is 14.8 Å². The summed E-state index contributed by atoms with van der Waals surface area (Å²) in [6.45, 7) is 8.64. The number of hydrogen-bond donors (Lipinski definition) is 0. The molecule has 0 bridgehead atoms. The summed E-state index contributed by atoms with van der Waals surface area (Å²) in [6.07, 6.45) is 1.83. The Bertz CT molecular complexity index is 765. The number of hydrogen-bond acceptors (Lipinski definition) is 5. The molecule has 0 saturated carbocycles. The van der Waals surface area contributed by atoms with Crippen LogP contribution < -0.4 is 0 Å². The van der Waals surface area contributed by atoms with Gasteiger partial charge in [0.2, 0.25) is 0 Å². The molecular weight excluding hydrogens is 334 g/mol. The maximum absolute atomic E-state index is 12.8. The van der Waals surface area contributed by atoms with Crippen LogP contribution in [0.5, 0.6) is 0 Å². The first-order valence-corrected chi connectivity index (χ1v) is 9.39. The normalized spacial score (nSPS) is 16.7. The minimum Gasteiger partial charge on any atom is -0.336 e. The summed E-state index contributed by atoms with van der Waals surface area (Å²) >= 11 is 1.67. The number of thiazole rings is 1. The summed E-state index contributed by atoms with van der Waals surface area (Å²) in [5, 5.41) is 3.11. The number of amides is 1.